The Bertz CT molecular complexity index is 902. The molecule has 0 aromatic heterocycles. The first-order chi connectivity index (χ1) is 12.2. The number of esters is 1. The Morgan fingerprint density at radius 3 is 2.46 bits per heavy atom. The zero-order chi connectivity index (χ0) is 19.3. The highest BCUT2D eigenvalue weighted by Gasteiger charge is 2.25. The molecule has 0 amide bonds. The van der Waals surface area contributed by atoms with Gasteiger partial charge in [0.25, 0.3) is 0 Å². The highest BCUT2D eigenvalue weighted by Crippen LogP contribution is 2.18. The molecule has 0 aliphatic rings. The molecule has 2 aromatic rings. The van der Waals surface area contributed by atoms with Crippen LogP contribution in [-0.2, 0) is 26.2 Å². The highest BCUT2D eigenvalue weighted by atomic mass is 32.2. The lowest BCUT2D eigenvalue weighted by atomic mass is 10.2. The van der Waals surface area contributed by atoms with E-state index in [1.54, 1.807) is 0 Å². The second-order valence-electron chi connectivity index (χ2n) is 5.35. The van der Waals surface area contributed by atoms with Crippen LogP contribution in [0.5, 0.6) is 5.75 Å². The number of carbonyl (C=O) groups is 1. The van der Waals surface area contributed by atoms with Gasteiger partial charge in [0.15, 0.2) is 11.6 Å². The van der Waals surface area contributed by atoms with Gasteiger partial charge in [0.05, 0.1) is 7.11 Å². The minimum absolute atomic E-state index is 0.0473. The van der Waals surface area contributed by atoms with Crippen LogP contribution >= 0.6 is 0 Å². The second-order valence-corrected chi connectivity index (χ2v) is 7.03. The Morgan fingerprint density at radius 1 is 1.15 bits per heavy atom. The number of hydrogen-bond donors (Lipinski definition) is 1. The SMILES string of the molecule is COc1ccc(COC(=O)[C@H](C)NS(=O)(=O)c2ccccc2F)cc1F. The van der Waals surface area contributed by atoms with Crippen molar-refractivity contribution in [1.82, 2.24) is 4.72 Å². The lowest BCUT2D eigenvalue weighted by Crippen LogP contribution is -2.39. The van der Waals surface area contributed by atoms with E-state index < -0.39 is 38.6 Å². The first-order valence-electron chi connectivity index (χ1n) is 7.50. The van der Waals surface area contributed by atoms with E-state index in [4.69, 9.17) is 9.47 Å². The Kier molecular flexibility index (Phi) is 6.27. The number of carbonyl (C=O) groups excluding carboxylic acids is 1. The van der Waals surface area contributed by atoms with Gasteiger partial charge in [0, 0.05) is 0 Å². The first-order valence-corrected chi connectivity index (χ1v) is 8.99. The standard InChI is InChI=1S/C17H17F2NO5S/c1-11(20-26(22,23)16-6-4-3-5-13(16)18)17(21)25-10-12-7-8-15(24-2)14(19)9-12/h3-9,11,20H,10H2,1-2H3/t11-/m0/s1. The summed E-state index contributed by atoms with van der Waals surface area (Å²) in [5.41, 5.74) is 0.362. The maximum Gasteiger partial charge on any atom is 0.324 e. The lowest BCUT2D eigenvalue weighted by molar-refractivity contribution is -0.146. The summed E-state index contributed by atoms with van der Waals surface area (Å²) in [6.07, 6.45) is 0. The summed E-state index contributed by atoms with van der Waals surface area (Å²) in [5.74, 6) is -2.39. The average molecular weight is 385 g/mol. The van der Waals surface area contributed by atoms with Gasteiger partial charge in [-0.15, -0.1) is 0 Å². The summed E-state index contributed by atoms with van der Waals surface area (Å²) in [7, 11) is -2.92. The van der Waals surface area contributed by atoms with Crippen LogP contribution < -0.4 is 9.46 Å². The van der Waals surface area contributed by atoms with Crippen LogP contribution in [0.3, 0.4) is 0 Å². The quantitative estimate of drug-likeness (QED) is 0.740. The minimum atomic E-state index is -4.24. The van der Waals surface area contributed by atoms with Crippen molar-refractivity contribution in [2.45, 2.75) is 24.5 Å². The molecule has 0 fully saturated rings. The zero-order valence-electron chi connectivity index (χ0n) is 14.0. The van der Waals surface area contributed by atoms with E-state index in [0.717, 1.165) is 18.2 Å². The molecule has 2 aromatic carbocycles. The van der Waals surface area contributed by atoms with Crippen LogP contribution in [0.25, 0.3) is 0 Å². The van der Waals surface area contributed by atoms with E-state index in [9.17, 15) is 22.0 Å². The molecule has 0 spiro atoms. The van der Waals surface area contributed by atoms with E-state index in [2.05, 4.69) is 0 Å². The molecule has 0 radical (unpaired) electrons. The smallest absolute Gasteiger partial charge is 0.324 e. The number of sulfonamides is 1. The summed E-state index contributed by atoms with van der Waals surface area (Å²) >= 11 is 0. The third-order valence-electron chi connectivity index (χ3n) is 3.41. The van der Waals surface area contributed by atoms with Gasteiger partial charge < -0.3 is 9.47 Å². The Labute approximate surface area is 149 Å². The van der Waals surface area contributed by atoms with Crippen molar-refractivity contribution in [2.24, 2.45) is 0 Å². The third kappa shape index (κ3) is 4.77. The molecular weight excluding hydrogens is 368 g/mol. The van der Waals surface area contributed by atoms with Gasteiger partial charge in [-0.25, -0.2) is 17.2 Å². The maximum absolute atomic E-state index is 13.6. The summed E-state index contributed by atoms with van der Waals surface area (Å²) in [4.78, 5) is 11.4. The number of ether oxygens (including phenoxy) is 2. The van der Waals surface area contributed by atoms with E-state index in [-0.39, 0.29) is 12.4 Å². The van der Waals surface area contributed by atoms with Crippen molar-refractivity contribution >= 4 is 16.0 Å². The van der Waals surface area contributed by atoms with Crippen molar-refractivity contribution in [1.29, 1.82) is 0 Å². The Hall–Kier alpha value is -2.52. The molecule has 9 heteroatoms. The number of hydrogen-bond acceptors (Lipinski definition) is 5. The largest absolute Gasteiger partial charge is 0.494 e. The van der Waals surface area contributed by atoms with E-state index in [0.29, 0.717) is 5.56 Å². The maximum atomic E-state index is 13.6. The van der Waals surface area contributed by atoms with Gasteiger partial charge >= 0.3 is 5.97 Å². The fraction of sp³-hybridized carbons (Fsp3) is 0.235. The third-order valence-corrected chi connectivity index (χ3v) is 4.98. The van der Waals surface area contributed by atoms with Crippen LogP contribution in [0.2, 0.25) is 0 Å². The first kappa shape index (κ1) is 19.8. The summed E-state index contributed by atoms with van der Waals surface area (Å²) in [6, 6.07) is 7.54. The number of halogens is 2. The topological polar surface area (TPSA) is 81.7 Å². The summed E-state index contributed by atoms with van der Waals surface area (Å²) in [6.45, 7) is 1.00. The van der Waals surface area contributed by atoms with Crippen LogP contribution in [0.15, 0.2) is 47.4 Å². The van der Waals surface area contributed by atoms with Crippen molar-refractivity contribution in [2.75, 3.05) is 7.11 Å². The molecule has 0 unspecified atom stereocenters. The zero-order valence-corrected chi connectivity index (χ0v) is 14.8. The Morgan fingerprint density at radius 2 is 1.85 bits per heavy atom. The van der Waals surface area contributed by atoms with Crippen LogP contribution in [0.1, 0.15) is 12.5 Å². The fourth-order valence-corrected chi connectivity index (χ4v) is 3.36. The minimum Gasteiger partial charge on any atom is -0.494 e. The fourth-order valence-electron chi connectivity index (χ4n) is 2.09. The van der Waals surface area contributed by atoms with Crippen molar-refractivity contribution < 1.29 is 31.5 Å². The molecule has 0 aliphatic heterocycles. The molecule has 6 nitrogen and oxygen atoms in total. The van der Waals surface area contributed by atoms with Crippen LogP contribution in [-0.4, -0.2) is 27.5 Å². The van der Waals surface area contributed by atoms with Crippen LogP contribution in [0, 0.1) is 11.6 Å². The Balaban J connectivity index is 1.99. The molecule has 140 valence electrons. The molecule has 26 heavy (non-hydrogen) atoms. The molecule has 0 aliphatic carbocycles. The molecule has 0 bridgehead atoms. The number of methoxy groups -OCH3 is 1. The molecule has 1 atom stereocenters. The highest BCUT2D eigenvalue weighted by molar-refractivity contribution is 7.89. The summed E-state index contributed by atoms with van der Waals surface area (Å²) in [5, 5.41) is 0. The molecule has 2 rings (SSSR count). The van der Waals surface area contributed by atoms with Gasteiger partial charge in [0.1, 0.15) is 23.4 Å². The monoisotopic (exact) mass is 385 g/mol. The second kappa shape index (κ2) is 8.24. The summed E-state index contributed by atoms with van der Waals surface area (Å²) < 4.78 is 63.3. The predicted octanol–water partition coefficient (Wildman–Crippen LogP) is 2.38. The van der Waals surface area contributed by atoms with Gasteiger partial charge in [-0.3, -0.25) is 4.79 Å². The predicted molar refractivity (Wildman–Crippen MR) is 88.9 cm³/mol. The normalized spacial score (nSPS) is 12.5. The number of rotatable bonds is 7. The molecule has 0 saturated carbocycles. The average Bonchev–Trinajstić information content (AvgIpc) is 2.59. The van der Waals surface area contributed by atoms with Gasteiger partial charge in [0.2, 0.25) is 10.0 Å². The number of nitrogens with one attached hydrogen (secondary N) is 1. The van der Waals surface area contributed by atoms with E-state index >= 15 is 0 Å². The van der Waals surface area contributed by atoms with Gasteiger partial charge in [-0.2, -0.15) is 4.72 Å². The van der Waals surface area contributed by atoms with E-state index in [1.165, 1.54) is 38.3 Å². The number of benzene rings is 2. The molecule has 1 N–H and O–H groups in total. The van der Waals surface area contributed by atoms with Crippen molar-refractivity contribution in [3.63, 3.8) is 0 Å². The van der Waals surface area contributed by atoms with Crippen LogP contribution in [0.4, 0.5) is 8.78 Å². The van der Waals surface area contributed by atoms with Crippen molar-refractivity contribution in [3.05, 3.63) is 59.7 Å². The lowest BCUT2D eigenvalue weighted by Gasteiger charge is -2.14. The molecular formula is C17H17F2NO5S. The molecule has 0 saturated heterocycles. The van der Waals surface area contributed by atoms with Crippen molar-refractivity contribution in [3.8, 4) is 5.75 Å². The van der Waals surface area contributed by atoms with Gasteiger partial charge in [-0.1, -0.05) is 18.2 Å². The molecule has 0 heterocycles. The van der Waals surface area contributed by atoms with Gasteiger partial charge in [-0.05, 0) is 36.8 Å². The van der Waals surface area contributed by atoms with E-state index in [1.807, 2.05) is 4.72 Å².